The van der Waals surface area contributed by atoms with Crippen LogP contribution in [0.3, 0.4) is 0 Å². The highest BCUT2D eigenvalue weighted by atomic mass is 19.1. The van der Waals surface area contributed by atoms with Crippen molar-refractivity contribution in [2.24, 2.45) is 5.41 Å². The summed E-state index contributed by atoms with van der Waals surface area (Å²) in [5.74, 6) is -1.44. The van der Waals surface area contributed by atoms with Gasteiger partial charge >= 0.3 is 5.97 Å². The Hall–Kier alpha value is -1.58. The van der Waals surface area contributed by atoms with Gasteiger partial charge in [-0.05, 0) is 36.5 Å². The first-order valence-corrected chi connectivity index (χ1v) is 6.19. The number of carboxylic acids is 1. The first kappa shape index (κ1) is 12.9. The van der Waals surface area contributed by atoms with E-state index in [2.05, 4.69) is 19.2 Å². The zero-order chi connectivity index (χ0) is 13.3. The van der Waals surface area contributed by atoms with E-state index >= 15 is 0 Å². The molecule has 0 amide bonds. The molecule has 1 aromatic carbocycles. The first-order chi connectivity index (χ1) is 8.40. The van der Waals surface area contributed by atoms with E-state index in [0.717, 1.165) is 19.3 Å². The average Bonchev–Trinajstić information content (AvgIpc) is 2.61. The largest absolute Gasteiger partial charge is 0.478 e. The molecule has 1 unspecified atom stereocenters. The Morgan fingerprint density at radius 1 is 1.50 bits per heavy atom. The zero-order valence-corrected chi connectivity index (χ0v) is 10.7. The van der Waals surface area contributed by atoms with Crippen molar-refractivity contribution in [2.45, 2.75) is 39.2 Å². The van der Waals surface area contributed by atoms with E-state index in [4.69, 9.17) is 5.11 Å². The molecule has 1 saturated carbocycles. The molecule has 1 fully saturated rings. The maximum Gasteiger partial charge on any atom is 0.335 e. The molecule has 0 heterocycles. The van der Waals surface area contributed by atoms with Crippen molar-refractivity contribution in [3.05, 3.63) is 29.6 Å². The average molecular weight is 251 g/mol. The number of hydrogen-bond donors (Lipinski definition) is 2. The van der Waals surface area contributed by atoms with Crippen molar-refractivity contribution >= 4 is 11.7 Å². The molecular weight excluding hydrogens is 233 g/mol. The summed E-state index contributed by atoms with van der Waals surface area (Å²) < 4.78 is 13.7. The quantitative estimate of drug-likeness (QED) is 0.864. The maximum atomic E-state index is 13.7. The van der Waals surface area contributed by atoms with Crippen LogP contribution in [0, 0.1) is 11.2 Å². The number of nitrogens with one attached hydrogen (secondary N) is 1. The van der Waals surface area contributed by atoms with Crippen LogP contribution in [0.15, 0.2) is 18.2 Å². The van der Waals surface area contributed by atoms with Gasteiger partial charge in [-0.2, -0.15) is 0 Å². The van der Waals surface area contributed by atoms with Crippen LogP contribution in [-0.4, -0.2) is 17.1 Å². The van der Waals surface area contributed by atoms with Crippen LogP contribution in [-0.2, 0) is 0 Å². The SMILES string of the molecule is CC1(C)CCCC1Nc1cc(C(=O)O)ccc1F. The van der Waals surface area contributed by atoms with Crippen molar-refractivity contribution in [1.82, 2.24) is 0 Å². The normalized spacial score (nSPS) is 21.8. The van der Waals surface area contributed by atoms with Gasteiger partial charge in [-0.3, -0.25) is 0 Å². The van der Waals surface area contributed by atoms with Crippen LogP contribution in [0.4, 0.5) is 10.1 Å². The number of hydrogen-bond acceptors (Lipinski definition) is 2. The van der Waals surface area contributed by atoms with Crippen LogP contribution in [0.1, 0.15) is 43.5 Å². The molecule has 3 nitrogen and oxygen atoms in total. The monoisotopic (exact) mass is 251 g/mol. The Morgan fingerprint density at radius 3 is 2.78 bits per heavy atom. The van der Waals surface area contributed by atoms with E-state index < -0.39 is 11.8 Å². The summed E-state index contributed by atoms with van der Waals surface area (Å²) in [6.07, 6.45) is 3.21. The second-order valence-corrected chi connectivity index (χ2v) is 5.58. The van der Waals surface area contributed by atoms with Crippen LogP contribution >= 0.6 is 0 Å². The summed E-state index contributed by atoms with van der Waals surface area (Å²) in [5, 5.41) is 12.1. The number of benzene rings is 1. The first-order valence-electron chi connectivity index (χ1n) is 6.19. The number of carboxylic acid groups (broad SMARTS) is 1. The van der Waals surface area contributed by atoms with Gasteiger partial charge in [0.1, 0.15) is 5.82 Å². The fourth-order valence-electron chi connectivity index (χ4n) is 2.55. The van der Waals surface area contributed by atoms with Gasteiger partial charge in [-0.1, -0.05) is 20.3 Å². The molecule has 1 atom stereocenters. The minimum Gasteiger partial charge on any atom is -0.478 e. The van der Waals surface area contributed by atoms with E-state index in [-0.39, 0.29) is 22.7 Å². The van der Waals surface area contributed by atoms with Gasteiger partial charge in [-0.15, -0.1) is 0 Å². The molecule has 0 aromatic heterocycles. The maximum absolute atomic E-state index is 13.7. The van der Waals surface area contributed by atoms with Crippen LogP contribution in [0.5, 0.6) is 0 Å². The molecule has 1 aromatic rings. The summed E-state index contributed by atoms with van der Waals surface area (Å²) >= 11 is 0. The zero-order valence-electron chi connectivity index (χ0n) is 10.7. The molecule has 18 heavy (non-hydrogen) atoms. The van der Waals surface area contributed by atoms with Crippen molar-refractivity contribution in [3.63, 3.8) is 0 Å². The van der Waals surface area contributed by atoms with Gasteiger partial charge in [0, 0.05) is 6.04 Å². The summed E-state index contributed by atoms with van der Waals surface area (Å²) in [5.41, 5.74) is 0.510. The highest BCUT2D eigenvalue weighted by molar-refractivity contribution is 5.88. The molecule has 0 aliphatic heterocycles. The molecule has 1 aliphatic carbocycles. The van der Waals surface area contributed by atoms with Crippen molar-refractivity contribution in [3.8, 4) is 0 Å². The second-order valence-electron chi connectivity index (χ2n) is 5.58. The predicted octanol–water partition coefficient (Wildman–Crippen LogP) is 3.51. The van der Waals surface area contributed by atoms with Crippen molar-refractivity contribution in [1.29, 1.82) is 0 Å². The Kier molecular flexibility index (Phi) is 3.28. The molecule has 2 N–H and O–H groups in total. The smallest absolute Gasteiger partial charge is 0.335 e. The summed E-state index contributed by atoms with van der Waals surface area (Å²) in [6, 6.07) is 4.04. The van der Waals surface area contributed by atoms with Gasteiger partial charge in [0.2, 0.25) is 0 Å². The van der Waals surface area contributed by atoms with Crippen molar-refractivity contribution in [2.75, 3.05) is 5.32 Å². The van der Waals surface area contributed by atoms with Gasteiger partial charge < -0.3 is 10.4 Å². The Bertz CT molecular complexity index is 471. The molecule has 0 spiro atoms. The number of anilines is 1. The highest BCUT2D eigenvalue weighted by Gasteiger charge is 2.34. The fraction of sp³-hybridized carbons (Fsp3) is 0.500. The van der Waals surface area contributed by atoms with E-state index in [1.54, 1.807) is 0 Å². The highest BCUT2D eigenvalue weighted by Crippen LogP contribution is 2.39. The Balaban J connectivity index is 2.23. The third-order valence-corrected chi connectivity index (χ3v) is 3.80. The minimum absolute atomic E-state index is 0.106. The summed E-state index contributed by atoms with van der Waals surface area (Å²) in [4.78, 5) is 10.9. The van der Waals surface area contributed by atoms with Crippen LogP contribution in [0.25, 0.3) is 0 Å². The molecule has 98 valence electrons. The van der Waals surface area contributed by atoms with E-state index in [1.807, 2.05) is 0 Å². The lowest BCUT2D eigenvalue weighted by Crippen LogP contribution is -2.31. The molecule has 2 rings (SSSR count). The number of aromatic carboxylic acids is 1. The van der Waals surface area contributed by atoms with Gasteiger partial charge in [0.15, 0.2) is 0 Å². The summed E-state index contributed by atoms with van der Waals surface area (Å²) in [6.45, 7) is 4.30. The third-order valence-electron chi connectivity index (χ3n) is 3.80. The van der Waals surface area contributed by atoms with Crippen LogP contribution in [0.2, 0.25) is 0 Å². The van der Waals surface area contributed by atoms with Gasteiger partial charge in [-0.25, -0.2) is 9.18 Å². The van der Waals surface area contributed by atoms with Gasteiger partial charge in [0.05, 0.1) is 11.3 Å². The standard InChI is InChI=1S/C14H18FNO2/c1-14(2)7-3-4-12(14)16-11-8-9(13(17)18)5-6-10(11)15/h5-6,8,12,16H,3-4,7H2,1-2H3,(H,17,18). The molecule has 4 heteroatoms. The fourth-order valence-corrected chi connectivity index (χ4v) is 2.55. The van der Waals surface area contributed by atoms with E-state index in [9.17, 15) is 9.18 Å². The minimum atomic E-state index is -1.04. The lowest BCUT2D eigenvalue weighted by atomic mass is 9.87. The number of carbonyl (C=O) groups is 1. The predicted molar refractivity (Wildman–Crippen MR) is 68.4 cm³/mol. The Morgan fingerprint density at radius 2 is 2.22 bits per heavy atom. The molecule has 0 bridgehead atoms. The molecule has 0 saturated heterocycles. The molecule has 1 aliphatic rings. The third kappa shape index (κ3) is 2.47. The topological polar surface area (TPSA) is 49.3 Å². The van der Waals surface area contributed by atoms with E-state index in [1.165, 1.54) is 18.2 Å². The number of halogens is 1. The lowest BCUT2D eigenvalue weighted by molar-refractivity contribution is 0.0697. The lowest BCUT2D eigenvalue weighted by Gasteiger charge is -2.29. The molecule has 0 radical (unpaired) electrons. The summed E-state index contributed by atoms with van der Waals surface area (Å²) in [7, 11) is 0. The van der Waals surface area contributed by atoms with Crippen LogP contribution < -0.4 is 5.32 Å². The van der Waals surface area contributed by atoms with E-state index in [0.29, 0.717) is 0 Å². The van der Waals surface area contributed by atoms with Crippen molar-refractivity contribution < 1.29 is 14.3 Å². The number of rotatable bonds is 3. The second kappa shape index (κ2) is 4.59. The Labute approximate surface area is 106 Å². The van der Waals surface area contributed by atoms with Gasteiger partial charge in [0.25, 0.3) is 0 Å². The molecular formula is C14H18FNO2.